The number of amides is 1. The molecule has 0 aromatic rings. The molecule has 0 atom stereocenters. The molecule has 3 heteroatoms. The second-order valence-electron chi connectivity index (χ2n) is 1.09. The largest absolute Gasteiger partial charge is 0.357 e. The molecule has 0 unspecified atom stereocenters. The van der Waals surface area contributed by atoms with E-state index >= 15 is 0 Å². The van der Waals surface area contributed by atoms with Crippen LogP contribution in [0.15, 0.2) is 0 Å². The molecule has 1 radical (unpaired) electrons. The van der Waals surface area contributed by atoms with Crippen LogP contribution in [-0.2, 0) is 21.9 Å². The van der Waals surface area contributed by atoms with Gasteiger partial charge in [0.1, 0.15) is 0 Å². The Labute approximate surface area is 54.1 Å². The molecule has 0 aromatic heterocycles. The van der Waals surface area contributed by atoms with E-state index in [2.05, 4.69) is 5.32 Å². The van der Waals surface area contributed by atoms with Gasteiger partial charge in [-0.25, -0.2) is 0 Å². The predicted octanol–water partition coefficient (Wildman–Crippen LogP) is 0.140. The fourth-order valence-corrected chi connectivity index (χ4v) is 0.249. The number of carbonyl (C=O) groups is 1. The number of nitrogens with one attached hydrogen (secondary N) is 1. The van der Waals surface area contributed by atoms with Crippen molar-refractivity contribution in [2.75, 3.05) is 6.54 Å². The predicted molar refractivity (Wildman–Crippen MR) is 24.4 cm³/mol. The first-order chi connectivity index (χ1) is 2.77. The van der Waals surface area contributed by atoms with Crippen molar-refractivity contribution >= 4 is 5.91 Å². The fourth-order valence-electron chi connectivity index (χ4n) is 0.249. The van der Waals surface area contributed by atoms with Crippen molar-refractivity contribution in [3.8, 4) is 0 Å². The smallest absolute Gasteiger partial charge is 0.216 e. The van der Waals surface area contributed by atoms with E-state index in [9.17, 15) is 4.79 Å². The van der Waals surface area contributed by atoms with Crippen molar-refractivity contribution in [3.05, 3.63) is 0 Å². The third-order valence-electron chi connectivity index (χ3n) is 0.426. The van der Waals surface area contributed by atoms with E-state index < -0.39 is 0 Å². The summed E-state index contributed by atoms with van der Waals surface area (Å²) in [5, 5.41) is 2.57. The quantitative estimate of drug-likeness (QED) is 0.530. The van der Waals surface area contributed by atoms with Gasteiger partial charge in [0, 0.05) is 30.5 Å². The van der Waals surface area contributed by atoms with Crippen LogP contribution >= 0.6 is 0 Å². The van der Waals surface area contributed by atoms with Gasteiger partial charge in [-0.3, -0.25) is 4.79 Å². The average molecular weight is 151 g/mol. The van der Waals surface area contributed by atoms with Crippen LogP contribution in [0.3, 0.4) is 0 Å². The molecule has 0 aromatic carbocycles. The fraction of sp³-hybridized carbons (Fsp3) is 0.750. The molecule has 47 valence electrons. The molecule has 2 nitrogen and oxygen atoms in total. The first-order valence-electron chi connectivity index (χ1n) is 2.01. The summed E-state index contributed by atoms with van der Waals surface area (Å²) in [5.41, 5.74) is 0. The minimum absolute atomic E-state index is 0. The van der Waals surface area contributed by atoms with E-state index in [-0.39, 0.29) is 23.0 Å². The van der Waals surface area contributed by atoms with E-state index in [0.717, 1.165) is 6.54 Å². The van der Waals surface area contributed by atoms with Crippen LogP contribution in [0.2, 0.25) is 0 Å². The van der Waals surface area contributed by atoms with E-state index in [0.29, 0.717) is 0 Å². The zero-order chi connectivity index (χ0) is 4.99. The summed E-state index contributed by atoms with van der Waals surface area (Å²) in [6.07, 6.45) is 0. The first-order valence-corrected chi connectivity index (χ1v) is 2.01. The van der Waals surface area contributed by atoms with Crippen molar-refractivity contribution < 1.29 is 21.9 Å². The van der Waals surface area contributed by atoms with Gasteiger partial charge in [0.15, 0.2) is 0 Å². The van der Waals surface area contributed by atoms with Gasteiger partial charge >= 0.3 is 0 Å². The monoisotopic (exact) mass is 150 g/mol. The maximum Gasteiger partial charge on any atom is 0.216 e. The third kappa shape index (κ3) is 10.7. The van der Waals surface area contributed by atoms with Gasteiger partial charge in [0.2, 0.25) is 5.91 Å². The Balaban J connectivity index is 0. The number of rotatable bonds is 1. The molecule has 0 spiro atoms. The van der Waals surface area contributed by atoms with Crippen LogP contribution in [0, 0.1) is 0 Å². The number of hydrogen-bond acceptors (Lipinski definition) is 1. The number of carbonyl (C=O) groups excluding carboxylic acids is 1. The molecule has 7 heavy (non-hydrogen) atoms. The summed E-state index contributed by atoms with van der Waals surface area (Å²) in [6.45, 7) is 4.13. The molecular weight excluding hydrogens is 142 g/mol. The van der Waals surface area contributed by atoms with Gasteiger partial charge < -0.3 is 5.32 Å². The SMILES string of the molecule is CCNC(C)=O.[Cu]. The van der Waals surface area contributed by atoms with Crippen molar-refractivity contribution in [1.29, 1.82) is 0 Å². The van der Waals surface area contributed by atoms with Crippen LogP contribution in [-0.4, -0.2) is 12.5 Å². The molecule has 1 amide bonds. The van der Waals surface area contributed by atoms with Gasteiger partial charge in [-0.2, -0.15) is 0 Å². The van der Waals surface area contributed by atoms with E-state index in [1.807, 2.05) is 6.92 Å². The topological polar surface area (TPSA) is 29.1 Å². The Kier molecular flexibility index (Phi) is 8.62. The Morgan fingerprint density at radius 2 is 2.14 bits per heavy atom. The Hall–Kier alpha value is -0.0105. The van der Waals surface area contributed by atoms with E-state index in [1.54, 1.807) is 0 Å². The molecule has 0 bridgehead atoms. The van der Waals surface area contributed by atoms with Crippen molar-refractivity contribution in [3.63, 3.8) is 0 Å². The summed E-state index contributed by atoms with van der Waals surface area (Å²) in [7, 11) is 0. The van der Waals surface area contributed by atoms with Crippen LogP contribution in [0.1, 0.15) is 13.8 Å². The zero-order valence-electron chi connectivity index (χ0n) is 4.42. The van der Waals surface area contributed by atoms with Crippen molar-refractivity contribution in [2.45, 2.75) is 13.8 Å². The van der Waals surface area contributed by atoms with Crippen LogP contribution in [0.25, 0.3) is 0 Å². The summed E-state index contributed by atoms with van der Waals surface area (Å²) in [4.78, 5) is 9.93. The summed E-state index contributed by atoms with van der Waals surface area (Å²) in [6, 6.07) is 0. The molecule has 1 N–H and O–H groups in total. The normalized spacial score (nSPS) is 6.57. The molecule has 0 aliphatic heterocycles. The molecular formula is C4H9CuNO. The molecule has 0 rings (SSSR count). The molecule has 0 aliphatic carbocycles. The standard InChI is InChI=1S/C4H9NO.Cu/c1-3-5-4(2)6;/h3H2,1-2H3,(H,5,6);. The maximum atomic E-state index is 9.93. The minimum Gasteiger partial charge on any atom is -0.357 e. The first kappa shape index (κ1) is 10.1. The molecule has 0 saturated heterocycles. The Bertz CT molecular complexity index is 55.7. The summed E-state index contributed by atoms with van der Waals surface area (Å²) in [5.74, 6) is 0.0394. The van der Waals surface area contributed by atoms with Crippen LogP contribution in [0.4, 0.5) is 0 Å². The second kappa shape index (κ2) is 5.99. The second-order valence-corrected chi connectivity index (χ2v) is 1.09. The molecule has 0 fully saturated rings. The summed E-state index contributed by atoms with van der Waals surface area (Å²) < 4.78 is 0. The van der Waals surface area contributed by atoms with Crippen LogP contribution in [0.5, 0.6) is 0 Å². The van der Waals surface area contributed by atoms with E-state index in [1.165, 1.54) is 6.92 Å². The molecule has 0 heterocycles. The average Bonchev–Trinajstić information content (AvgIpc) is 1.35. The van der Waals surface area contributed by atoms with Gasteiger partial charge in [-0.1, -0.05) is 0 Å². The summed E-state index contributed by atoms with van der Waals surface area (Å²) >= 11 is 0. The van der Waals surface area contributed by atoms with Gasteiger partial charge in [0.05, 0.1) is 0 Å². The Morgan fingerprint density at radius 1 is 1.71 bits per heavy atom. The van der Waals surface area contributed by atoms with Crippen LogP contribution < -0.4 is 5.32 Å². The molecule has 0 aliphatic rings. The van der Waals surface area contributed by atoms with E-state index in [4.69, 9.17) is 0 Å². The third-order valence-corrected chi connectivity index (χ3v) is 0.426. The van der Waals surface area contributed by atoms with Gasteiger partial charge in [-0.05, 0) is 6.92 Å². The Morgan fingerprint density at radius 3 is 2.14 bits per heavy atom. The number of hydrogen-bond donors (Lipinski definition) is 1. The van der Waals surface area contributed by atoms with Crippen molar-refractivity contribution in [1.82, 2.24) is 5.32 Å². The van der Waals surface area contributed by atoms with Gasteiger partial charge in [-0.15, -0.1) is 0 Å². The molecule has 0 saturated carbocycles. The van der Waals surface area contributed by atoms with Gasteiger partial charge in [0.25, 0.3) is 0 Å². The maximum absolute atomic E-state index is 9.93. The zero-order valence-corrected chi connectivity index (χ0v) is 5.36. The van der Waals surface area contributed by atoms with Crippen molar-refractivity contribution in [2.24, 2.45) is 0 Å². The minimum atomic E-state index is 0.